The number of rotatable bonds is 4. The van der Waals surface area contributed by atoms with Crippen molar-refractivity contribution in [2.24, 2.45) is 0 Å². The molecule has 2 bridgehead atoms. The Morgan fingerprint density at radius 3 is 2.69 bits per heavy atom. The molecule has 4 saturated heterocycles. The quantitative estimate of drug-likeness (QED) is 0.488. The molecular formula is C27H33ClF2N6O3. The summed E-state index contributed by atoms with van der Waals surface area (Å²) in [6.45, 7) is 8.32. The van der Waals surface area contributed by atoms with E-state index in [9.17, 15) is 9.18 Å². The van der Waals surface area contributed by atoms with Gasteiger partial charge in [-0.15, -0.1) is 0 Å². The second-order valence-electron chi connectivity index (χ2n) is 12.1. The average Bonchev–Trinajstić information content (AvgIpc) is 3.52. The van der Waals surface area contributed by atoms with Crippen molar-refractivity contribution in [1.29, 1.82) is 0 Å². The summed E-state index contributed by atoms with van der Waals surface area (Å²) in [5.41, 5.74) is -0.114. The number of hydrogen-bond donors (Lipinski definition) is 0. The van der Waals surface area contributed by atoms with Gasteiger partial charge < -0.3 is 14.4 Å². The van der Waals surface area contributed by atoms with E-state index < -0.39 is 11.4 Å². The smallest absolute Gasteiger partial charge is 0.410 e. The number of halogens is 3. The standard InChI is InChI=1S/C27H33ClF2N6O3/c1-26(2,3)39-25(37)36-17-5-6-18(36)14-34(13-17)23-19-11-31-22(28)20(30)21(19)32-24(33-23)38-15-27-7-4-8-35(27)12-16(9-27)10-29/h10-11,17-18H,4-9,12-15H2,1-3H3/b16-10-. The Bertz CT molecular complexity index is 1320. The van der Waals surface area contributed by atoms with Crippen molar-refractivity contribution in [3.63, 3.8) is 0 Å². The molecule has 4 aliphatic heterocycles. The lowest BCUT2D eigenvalue weighted by atomic mass is 9.94. The number of ether oxygens (including phenoxy) is 2. The van der Waals surface area contributed by atoms with E-state index in [0.29, 0.717) is 43.6 Å². The van der Waals surface area contributed by atoms with Gasteiger partial charge in [0.25, 0.3) is 0 Å². The molecule has 9 nitrogen and oxygen atoms in total. The summed E-state index contributed by atoms with van der Waals surface area (Å²) in [7, 11) is 0. The minimum absolute atomic E-state index is 0.0356. The third-order valence-corrected chi connectivity index (χ3v) is 8.57. The van der Waals surface area contributed by atoms with E-state index in [1.54, 1.807) is 0 Å². The third kappa shape index (κ3) is 4.77. The molecule has 1 amide bonds. The maximum Gasteiger partial charge on any atom is 0.410 e. The summed E-state index contributed by atoms with van der Waals surface area (Å²) < 4.78 is 40.3. The Morgan fingerprint density at radius 1 is 1.26 bits per heavy atom. The van der Waals surface area contributed by atoms with E-state index in [1.165, 1.54) is 6.20 Å². The number of nitrogens with zero attached hydrogens (tertiary/aromatic N) is 6. The van der Waals surface area contributed by atoms with E-state index in [2.05, 4.69) is 19.8 Å². The molecule has 210 valence electrons. The molecule has 0 aromatic carbocycles. The Balaban J connectivity index is 1.30. The third-order valence-electron chi connectivity index (χ3n) is 8.30. The van der Waals surface area contributed by atoms with Gasteiger partial charge in [-0.25, -0.2) is 18.6 Å². The highest BCUT2D eigenvalue weighted by molar-refractivity contribution is 6.30. The second-order valence-corrected chi connectivity index (χ2v) is 12.5. The number of fused-ring (bicyclic) bond motifs is 4. The van der Waals surface area contributed by atoms with Crippen molar-refractivity contribution in [3.05, 3.63) is 29.1 Å². The zero-order chi connectivity index (χ0) is 27.5. The fourth-order valence-electron chi connectivity index (χ4n) is 6.64. The largest absolute Gasteiger partial charge is 0.461 e. The lowest BCUT2D eigenvalue weighted by Gasteiger charge is -2.42. The number of piperazine rings is 1. The van der Waals surface area contributed by atoms with Crippen molar-refractivity contribution < 1.29 is 23.0 Å². The number of anilines is 1. The van der Waals surface area contributed by atoms with E-state index in [0.717, 1.165) is 37.8 Å². The SMILES string of the molecule is CC(C)(C)OC(=O)N1C2CCC1CN(c1nc(OCC34CCCN3C/C(=C\F)C4)nc3c(F)c(Cl)ncc13)C2. The van der Waals surface area contributed by atoms with Gasteiger partial charge in [0.05, 0.1) is 29.3 Å². The van der Waals surface area contributed by atoms with E-state index in [-0.39, 0.29) is 47.0 Å². The van der Waals surface area contributed by atoms with Gasteiger partial charge in [0.1, 0.15) is 23.5 Å². The average molecular weight is 563 g/mol. The molecule has 12 heteroatoms. The van der Waals surface area contributed by atoms with Gasteiger partial charge in [-0.1, -0.05) is 11.6 Å². The van der Waals surface area contributed by atoms with Gasteiger partial charge in [0.2, 0.25) is 0 Å². The fourth-order valence-corrected chi connectivity index (χ4v) is 6.78. The lowest BCUT2D eigenvalue weighted by molar-refractivity contribution is 0.0122. The topological polar surface area (TPSA) is 83.9 Å². The summed E-state index contributed by atoms with van der Waals surface area (Å²) in [5.74, 6) is -0.238. The summed E-state index contributed by atoms with van der Waals surface area (Å²) in [5, 5.41) is 0.153. The monoisotopic (exact) mass is 562 g/mol. The summed E-state index contributed by atoms with van der Waals surface area (Å²) in [6.07, 6.45) is 6.02. The molecule has 3 atom stereocenters. The van der Waals surface area contributed by atoms with Crippen molar-refractivity contribution in [2.75, 3.05) is 37.7 Å². The highest BCUT2D eigenvalue weighted by atomic mass is 35.5. The summed E-state index contributed by atoms with van der Waals surface area (Å²) >= 11 is 6.02. The first-order valence-corrected chi connectivity index (χ1v) is 13.9. The molecule has 3 unspecified atom stereocenters. The van der Waals surface area contributed by atoms with Crippen LogP contribution in [0.5, 0.6) is 6.01 Å². The van der Waals surface area contributed by atoms with Gasteiger partial charge in [-0.3, -0.25) is 9.80 Å². The highest BCUT2D eigenvalue weighted by Crippen LogP contribution is 2.42. The molecule has 4 aliphatic rings. The van der Waals surface area contributed by atoms with Crippen molar-refractivity contribution in [1.82, 2.24) is 24.8 Å². The Morgan fingerprint density at radius 2 is 2.00 bits per heavy atom. The van der Waals surface area contributed by atoms with Crippen LogP contribution in [0.4, 0.5) is 19.4 Å². The molecule has 0 saturated carbocycles. The van der Waals surface area contributed by atoms with Crippen LogP contribution < -0.4 is 9.64 Å². The zero-order valence-electron chi connectivity index (χ0n) is 22.4. The van der Waals surface area contributed by atoms with Crippen LogP contribution in [0.15, 0.2) is 18.1 Å². The summed E-state index contributed by atoms with van der Waals surface area (Å²) in [6, 6.07) is -0.0821. The van der Waals surface area contributed by atoms with Crippen LogP contribution in [-0.4, -0.2) is 86.9 Å². The normalized spacial score (nSPS) is 28.0. The zero-order valence-corrected chi connectivity index (χ0v) is 23.2. The molecule has 2 aromatic heterocycles. The van der Waals surface area contributed by atoms with Crippen LogP contribution in [0, 0.1) is 5.82 Å². The Labute approximate surface area is 231 Å². The predicted molar refractivity (Wildman–Crippen MR) is 142 cm³/mol. The minimum Gasteiger partial charge on any atom is -0.461 e. The molecule has 0 N–H and O–H groups in total. The molecule has 39 heavy (non-hydrogen) atoms. The van der Waals surface area contributed by atoms with Crippen molar-refractivity contribution in [2.45, 2.75) is 76.1 Å². The van der Waals surface area contributed by atoms with Gasteiger partial charge >= 0.3 is 12.1 Å². The summed E-state index contributed by atoms with van der Waals surface area (Å²) in [4.78, 5) is 32.2. The molecule has 2 aromatic rings. The van der Waals surface area contributed by atoms with Crippen LogP contribution >= 0.6 is 11.6 Å². The fraction of sp³-hybridized carbons (Fsp3) is 0.630. The molecule has 6 rings (SSSR count). The number of carbonyl (C=O) groups excluding carboxylic acids is 1. The lowest BCUT2D eigenvalue weighted by Crippen LogP contribution is -2.57. The molecular weight excluding hydrogens is 530 g/mol. The molecule has 0 aliphatic carbocycles. The number of pyridine rings is 1. The van der Waals surface area contributed by atoms with Crippen molar-refractivity contribution >= 4 is 34.4 Å². The highest BCUT2D eigenvalue weighted by Gasteiger charge is 2.48. The van der Waals surface area contributed by atoms with Crippen LogP contribution in [0.3, 0.4) is 0 Å². The van der Waals surface area contributed by atoms with Crippen molar-refractivity contribution in [3.8, 4) is 6.01 Å². The Kier molecular flexibility index (Phi) is 6.57. The Hall–Kier alpha value is -2.79. The molecule has 6 heterocycles. The number of hydrogen-bond acceptors (Lipinski definition) is 8. The van der Waals surface area contributed by atoms with Crippen LogP contribution in [-0.2, 0) is 4.74 Å². The van der Waals surface area contributed by atoms with Crippen LogP contribution in [0.2, 0.25) is 5.15 Å². The minimum atomic E-state index is -0.734. The first kappa shape index (κ1) is 26.4. The number of carbonyl (C=O) groups is 1. The molecule has 0 spiro atoms. The van der Waals surface area contributed by atoms with E-state index in [1.807, 2.05) is 25.7 Å². The van der Waals surface area contributed by atoms with Gasteiger partial charge in [-0.2, -0.15) is 9.97 Å². The maximum atomic E-state index is 15.2. The first-order chi connectivity index (χ1) is 18.6. The van der Waals surface area contributed by atoms with Crippen LogP contribution in [0.25, 0.3) is 10.9 Å². The second kappa shape index (κ2) is 9.69. The molecule has 0 radical (unpaired) electrons. The predicted octanol–water partition coefficient (Wildman–Crippen LogP) is 4.88. The van der Waals surface area contributed by atoms with Gasteiger partial charge in [-0.05, 0) is 65.0 Å². The van der Waals surface area contributed by atoms with E-state index >= 15 is 4.39 Å². The van der Waals surface area contributed by atoms with Gasteiger partial charge in [0, 0.05) is 25.8 Å². The van der Waals surface area contributed by atoms with Crippen LogP contribution in [0.1, 0.15) is 52.9 Å². The number of amides is 1. The molecule has 4 fully saturated rings. The van der Waals surface area contributed by atoms with E-state index in [4.69, 9.17) is 26.1 Å². The number of aromatic nitrogens is 3. The van der Waals surface area contributed by atoms with Gasteiger partial charge in [0.15, 0.2) is 11.0 Å². The maximum absolute atomic E-state index is 15.2. The first-order valence-electron chi connectivity index (χ1n) is 13.5.